The molecule has 184 valence electrons. The number of ether oxygens (including phenoxy) is 2. The molecule has 35 heavy (non-hydrogen) atoms. The minimum atomic E-state index is -0.347. The third-order valence-corrected chi connectivity index (χ3v) is 6.65. The number of benzene rings is 2. The van der Waals surface area contributed by atoms with E-state index in [4.69, 9.17) is 14.5 Å². The van der Waals surface area contributed by atoms with Crippen LogP contribution < -0.4 is 15.4 Å². The molecule has 1 aromatic heterocycles. The highest BCUT2D eigenvalue weighted by Gasteiger charge is 2.23. The van der Waals surface area contributed by atoms with Gasteiger partial charge < -0.3 is 20.1 Å². The van der Waals surface area contributed by atoms with Crippen molar-refractivity contribution in [2.24, 2.45) is 11.8 Å². The topological polar surface area (TPSA) is 89.6 Å². The van der Waals surface area contributed by atoms with Gasteiger partial charge in [0, 0.05) is 24.0 Å². The molecule has 7 heteroatoms. The molecule has 0 spiro atoms. The van der Waals surface area contributed by atoms with E-state index in [0.717, 1.165) is 53.6 Å². The van der Waals surface area contributed by atoms with Crippen LogP contribution in [0.3, 0.4) is 0 Å². The Bertz CT molecular complexity index is 1170. The quantitative estimate of drug-likeness (QED) is 0.468. The van der Waals surface area contributed by atoms with Gasteiger partial charge in [0.2, 0.25) is 0 Å². The summed E-state index contributed by atoms with van der Waals surface area (Å²) in [6.45, 7) is 3.47. The van der Waals surface area contributed by atoms with Crippen molar-refractivity contribution in [1.29, 1.82) is 0 Å². The number of methoxy groups -OCH3 is 1. The number of carbonyl (C=O) groups is 2. The number of hydrogen-bond donors (Lipinski definition) is 2. The van der Waals surface area contributed by atoms with Crippen LogP contribution in [0.15, 0.2) is 54.6 Å². The minimum Gasteiger partial charge on any atom is -0.497 e. The van der Waals surface area contributed by atoms with Crippen LogP contribution in [0.5, 0.6) is 5.75 Å². The van der Waals surface area contributed by atoms with Crippen LogP contribution in [0.1, 0.15) is 43.0 Å². The summed E-state index contributed by atoms with van der Waals surface area (Å²) in [7, 11) is 1.64. The third kappa shape index (κ3) is 6.29. The van der Waals surface area contributed by atoms with Crippen LogP contribution in [0.2, 0.25) is 0 Å². The molecule has 2 aromatic carbocycles. The molecule has 2 N–H and O–H groups in total. The van der Waals surface area contributed by atoms with Crippen LogP contribution in [0, 0.1) is 11.8 Å². The van der Waals surface area contributed by atoms with Crippen molar-refractivity contribution < 1.29 is 19.1 Å². The van der Waals surface area contributed by atoms with Gasteiger partial charge in [-0.05, 0) is 68.7 Å². The average molecular weight is 476 g/mol. The summed E-state index contributed by atoms with van der Waals surface area (Å²) < 4.78 is 10.3. The lowest BCUT2D eigenvalue weighted by Gasteiger charge is -2.28. The molecule has 4 rings (SSSR count). The molecular formula is C28H33N3O4. The second-order valence-corrected chi connectivity index (χ2v) is 9.00. The number of alkyl carbamates (subject to hydrolysis) is 1. The van der Waals surface area contributed by atoms with Crippen molar-refractivity contribution in [2.75, 3.05) is 26.8 Å². The molecule has 1 heterocycles. The fraction of sp³-hybridized carbons (Fsp3) is 0.393. The number of hydrogen-bond acceptors (Lipinski definition) is 5. The Morgan fingerprint density at radius 2 is 1.66 bits per heavy atom. The van der Waals surface area contributed by atoms with Crippen molar-refractivity contribution in [3.63, 3.8) is 0 Å². The molecule has 1 fully saturated rings. The standard InChI is InChI=1S/C28H33N3O4/c1-3-35-28(33)30-18-20-13-11-19(12-14-20)17-29-27(32)24-16-26(21-7-6-8-22(15-21)34-2)31-25-10-5-4-9-23(24)25/h4-10,15-16,19-20H,3,11-14,17-18H2,1-2H3,(H,29,32)(H,30,33). The number of fused-ring (bicyclic) bond motifs is 1. The molecule has 7 nitrogen and oxygen atoms in total. The van der Waals surface area contributed by atoms with Crippen LogP contribution in [-0.4, -0.2) is 43.8 Å². The van der Waals surface area contributed by atoms with Crippen LogP contribution in [-0.2, 0) is 4.74 Å². The summed E-state index contributed by atoms with van der Waals surface area (Å²) in [6.07, 6.45) is 3.78. The van der Waals surface area contributed by atoms with E-state index in [1.807, 2.05) is 54.6 Å². The summed E-state index contributed by atoms with van der Waals surface area (Å²) in [5.74, 6) is 1.56. The van der Waals surface area contributed by atoms with Gasteiger partial charge in [0.15, 0.2) is 0 Å². The second-order valence-electron chi connectivity index (χ2n) is 9.00. The Morgan fingerprint density at radius 1 is 0.943 bits per heavy atom. The molecule has 2 amide bonds. The van der Waals surface area contributed by atoms with Crippen LogP contribution in [0.25, 0.3) is 22.2 Å². The zero-order chi connectivity index (χ0) is 24.6. The Balaban J connectivity index is 1.40. The molecule has 0 atom stereocenters. The largest absolute Gasteiger partial charge is 0.497 e. The maximum Gasteiger partial charge on any atom is 0.407 e. The number of nitrogens with zero attached hydrogens (tertiary/aromatic N) is 1. The lowest BCUT2D eigenvalue weighted by Crippen LogP contribution is -2.34. The average Bonchev–Trinajstić information content (AvgIpc) is 2.90. The summed E-state index contributed by atoms with van der Waals surface area (Å²) in [5, 5.41) is 6.84. The SMILES string of the molecule is CCOC(=O)NCC1CCC(CNC(=O)c2cc(-c3cccc(OC)c3)nc3ccccc23)CC1. The minimum absolute atomic E-state index is 0.0844. The monoisotopic (exact) mass is 475 g/mol. The Hall–Kier alpha value is -3.61. The lowest BCUT2D eigenvalue weighted by molar-refractivity contribution is 0.0942. The van der Waals surface area contributed by atoms with Gasteiger partial charge >= 0.3 is 6.09 Å². The lowest BCUT2D eigenvalue weighted by atomic mass is 9.82. The molecular weight excluding hydrogens is 442 g/mol. The van der Waals surface area contributed by atoms with Gasteiger partial charge in [0.05, 0.1) is 30.5 Å². The predicted molar refractivity (Wildman–Crippen MR) is 137 cm³/mol. The van der Waals surface area contributed by atoms with Crippen molar-refractivity contribution >= 4 is 22.9 Å². The van der Waals surface area contributed by atoms with Gasteiger partial charge in [-0.15, -0.1) is 0 Å². The summed E-state index contributed by atoms with van der Waals surface area (Å²) in [6, 6.07) is 17.3. The highest BCUT2D eigenvalue weighted by molar-refractivity contribution is 6.07. The first-order chi connectivity index (χ1) is 17.1. The van der Waals surface area contributed by atoms with Crippen molar-refractivity contribution in [3.8, 4) is 17.0 Å². The number of para-hydroxylation sites is 1. The van der Waals surface area contributed by atoms with Crippen molar-refractivity contribution in [3.05, 3.63) is 60.2 Å². The Labute approximate surface area is 206 Å². The first kappa shape index (κ1) is 24.5. The van der Waals surface area contributed by atoms with Crippen LogP contribution in [0.4, 0.5) is 4.79 Å². The molecule has 0 bridgehead atoms. The predicted octanol–water partition coefficient (Wildman–Crippen LogP) is 5.19. The third-order valence-electron chi connectivity index (χ3n) is 6.65. The number of amides is 2. The molecule has 0 unspecified atom stereocenters. The number of pyridine rings is 1. The van der Waals surface area contributed by atoms with Crippen molar-refractivity contribution in [2.45, 2.75) is 32.6 Å². The van der Waals surface area contributed by atoms with Gasteiger partial charge in [-0.3, -0.25) is 4.79 Å². The van der Waals surface area contributed by atoms with Gasteiger partial charge in [0.1, 0.15) is 5.75 Å². The molecule has 1 saturated carbocycles. The number of rotatable bonds is 8. The molecule has 0 radical (unpaired) electrons. The zero-order valence-corrected chi connectivity index (χ0v) is 20.4. The second kappa shape index (κ2) is 11.7. The van der Waals surface area contributed by atoms with Crippen molar-refractivity contribution in [1.82, 2.24) is 15.6 Å². The molecule has 1 aliphatic carbocycles. The van der Waals surface area contributed by atoms with Gasteiger partial charge in [-0.25, -0.2) is 9.78 Å². The van der Waals surface area contributed by atoms with E-state index in [2.05, 4.69) is 10.6 Å². The highest BCUT2D eigenvalue weighted by atomic mass is 16.5. The number of carbonyl (C=O) groups excluding carboxylic acids is 2. The molecule has 3 aromatic rings. The van der Waals surface area contributed by atoms with E-state index in [0.29, 0.717) is 37.1 Å². The maximum absolute atomic E-state index is 13.3. The van der Waals surface area contributed by atoms with Gasteiger partial charge in [-0.1, -0.05) is 30.3 Å². The smallest absolute Gasteiger partial charge is 0.407 e. The summed E-state index contributed by atoms with van der Waals surface area (Å²) >= 11 is 0. The van der Waals surface area contributed by atoms with Gasteiger partial charge in [0.25, 0.3) is 5.91 Å². The van der Waals surface area contributed by atoms with Gasteiger partial charge in [-0.2, -0.15) is 0 Å². The molecule has 0 saturated heterocycles. The highest BCUT2D eigenvalue weighted by Crippen LogP contribution is 2.29. The maximum atomic E-state index is 13.3. The van der Waals surface area contributed by atoms with E-state index >= 15 is 0 Å². The van der Waals surface area contributed by atoms with E-state index in [-0.39, 0.29) is 12.0 Å². The summed E-state index contributed by atoms with van der Waals surface area (Å²) in [5.41, 5.74) is 3.05. The fourth-order valence-electron chi connectivity index (χ4n) is 4.68. The molecule has 0 aliphatic heterocycles. The van der Waals surface area contributed by atoms with E-state index in [1.54, 1.807) is 14.0 Å². The Kier molecular flexibility index (Phi) is 8.19. The van der Waals surface area contributed by atoms with E-state index in [1.165, 1.54) is 0 Å². The Morgan fingerprint density at radius 3 is 2.37 bits per heavy atom. The molecule has 1 aliphatic rings. The zero-order valence-electron chi connectivity index (χ0n) is 20.4. The number of aromatic nitrogens is 1. The summed E-state index contributed by atoms with van der Waals surface area (Å²) in [4.78, 5) is 29.6. The fourth-order valence-corrected chi connectivity index (χ4v) is 4.68. The van der Waals surface area contributed by atoms with E-state index < -0.39 is 0 Å². The van der Waals surface area contributed by atoms with Crippen LogP contribution >= 0.6 is 0 Å². The van der Waals surface area contributed by atoms with E-state index in [9.17, 15) is 9.59 Å². The first-order valence-electron chi connectivity index (χ1n) is 12.3. The number of nitrogens with one attached hydrogen (secondary N) is 2. The first-order valence-corrected chi connectivity index (χ1v) is 12.3. The normalized spacial score (nSPS) is 17.5.